The lowest BCUT2D eigenvalue weighted by atomic mass is 10.0. The predicted molar refractivity (Wildman–Crippen MR) is 101 cm³/mol. The first-order chi connectivity index (χ1) is 13.7. The number of rotatable bonds is 5. The number of amides is 1. The van der Waals surface area contributed by atoms with Crippen molar-refractivity contribution in [3.63, 3.8) is 0 Å². The average Bonchev–Trinajstić information content (AvgIpc) is 3.15. The van der Waals surface area contributed by atoms with E-state index in [9.17, 15) is 23.1 Å². The molecule has 29 heavy (non-hydrogen) atoms. The van der Waals surface area contributed by atoms with E-state index < -0.39 is 24.2 Å². The van der Waals surface area contributed by atoms with Gasteiger partial charge in [0.15, 0.2) is 6.10 Å². The molecule has 1 aromatic carbocycles. The predicted octanol–water partition coefficient (Wildman–Crippen LogP) is 3.81. The first kappa shape index (κ1) is 21.1. The van der Waals surface area contributed by atoms with Crippen LogP contribution in [0.15, 0.2) is 36.7 Å². The third-order valence-corrected chi connectivity index (χ3v) is 5.07. The van der Waals surface area contributed by atoms with Gasteiger partial charge in [0.05, 0.1) is 6.04 Å². The highest BCUT2D eigenvalue weighted by Crippen LogP contribution is 2.33. The van der Waals surface area contributed by atoms with Crippen LogP contribution in [0.1, 0.15) is 39.9 Å². The highest BCUT2D eigenvalue weighted by molar-refractivity contribution is 5.95. The van der Waals surface area contributed by atoms with E-state index in [1.165, 1.54) is 0 Å². The molecule has 1 fully saturated rings. The molecule has 0 aliphatic carbocycles. The third kappa shape index (κ3) is 4.70. The van der Waals surface area contributed by atoms with Crippen molar-refractivity contribution in [1.82, 2.24) is 9.88 Å². The quantitative estimate of drug-likeness (QED) is 0.818. The normalized spacial score (nSPS) is 18.0. The highest BCUT2D eigenvalue weighted by atomic mass is 19.4. The fraction of sp³-hybridized carbons (Fsp3) is 0.429. The Morgan fingerprint density at radius 2 is 2.03 bits per heavy atom. The summed E-state index contributed by atoms with van der Waals surface area (Å²) in [5.74, 6) is 0.111. The molecule has 0 radical (unpaired) electrons. The lowest BCUT2D eigenvalue weighted by molar-refractivity contribution is -0.216. The van der Waals surface area contributed by atoms with Gasteiger partial charge in [0.25, 0.3) is 5.91 Å². The zero-order chi connectivity index (χ0) is 21.2. The molecule has 156 valence electrons. The molecule has 3 rings (SSSR count). The first-order valence-electron chi connectivity index (χ1n) is 9.37. The second kappa shape index (κ2) is 8.41. The third-order valence-electron chi connectivity index (χ3n) is 5.07. The Balaban J connectivity index is 1.78. The minimum absolute atomic E-state index is 0.122. The SMILES string of the molecule is Cc1cc(C(=O)N2CCC[C@@H]2[C@H](O)C(F)(F)F)cc(C)c1OCc1cccnc1. The number of pyridine rings is 1. The Morgan fingerprint density at radius 3 is 2.62 bits per heavy atom. The molecule has 8 heteroatoms. The Morgan fingerprint density at radius 1 is 1.34 bits per heavy atom. The van der Waals surface area contributed by atoms with Crippen LogP contribution < -0.4 is 4.74 Å². The molecular formula is C21H23F3N2O3. The van der Waals surface area contributed by atoms with Gasteiger partial charge in [0.1, 0.15) is 12.4 Å². The topological polar surface area (TPSA) is 62.7 Å². The maximum Gasteiger partial charge on any atom is 0.416 e. The van der Waals surface area contributed by atoms with Gasteiger partial charge in [-0.05, 0) is 56.0 Å². The zero-order valence-electron chi connectivity index (χ0n) is 16.2. The van der Waals surface area contributed by atoms with Gasteiger partial charge in [-0.1, -0.05) is 6.07 Å². The van der Waals surface area contributed by atoms with Crippen LogP contribution >= 0.6 is 0 Å². The van der Waals surface area contributed by atoms with E-state index >= 15 is 0 Å². The summed E-state index contributed by atoms with van der Waals surface area (Å²) in [6, 6.07) is 5.66. The summed E-state index contributed by atoms with van der Waals surface area (Å²) < 4.78 is 44.7. The van der Waals surface area contributed by atoms with Crippen LogP contribution in [0.3, 0.4) is 0 Å². The summed E-state index contributed by atoms with van der Waals surface area (Å²) in [6.07, 6.45) is -3.39. The lowest BCUT2D eigenvalue weighted by Gasteiger charge is -2.30. The van der Waals surface area contributed by atoms with Crippen LogP contribution in [0, 0.1) is 13.8 Å². The first-order valence-corrected chi connectivity index (χ1v) is 9.37. The highest BCUT2D eigenvalue weighted by Gasteiger charge is 2.48. The van der Waals surface area contributed by atoms with Gasteiger partial charge >= 0.3 is 6.18 Å². The van der Waals surface area contributed by atoms with Gasteiger partial charge in [0, 0.05) is 30.1 Å². The zero-order valence-corrected chi connectivity index (χ0v) is 16.2. The van der Waals surface area contributed by atoms with Crippen LogP contribution in [-0.4, -0.2) is 45.8 Å². The molecule has 1 aliphatic heterocycles. The van der Waals surface area contributed by atoms with Crippen LogP contribution in [-0.2, 0) is 6.61 Å². The summed E-state index contributed by atoms with van der Waals surface area (Å²) in [4.78, 5) is 18.0. The number of carbonyl (C=O) groups excluding carboxylic acids is 1. The number of aliphatic hydroxyl groups is 1. The summed E-state index contributed by atoms with van der Waals surface area (Å²) in [5.41, 5.74) is 2.61. The van der Waals surface area contributed by atoms with Gasteiger partial charge < -0.3 is 14.7 Å². The summed E-state index contributed by atoms with van der Waals surface area (Å²) in [6.45, 7) is 4.07. The van der Waals surface area contributed by atoms with Gasteiger partial charge in [-0.25, -0.2) is 0 Å². The second-order valence-electron chi connectivity index (χ2n) is 7.28. The molecular weight excluding hydrogens is 385 g/mol. The van der Waals surface area contributed by atoms with Crippen LogP contribution in [0.4, 0.5) is 13.2 Å². The van der Waals surface area contributed by atoms with Gasteiger partial charge in [-0.2, -0.15) is 13.2 Å². The molecule has 0 saturated carbocycles. The Bertz CT molecular complexity index is 848. The number of aromatic nitrogens is 1. The fourth-order valence-electron chi connectivity index (χ4n) is 3.70. The number of nitrogens with zero attached hydrogens (tertiary/aromatic N) is 2. The van der Waals surface area contributed by atoms with Crippen LogP contribution in [0.25, 0.3) is 0 Å². The smallest absolute Gasteiger partial charge is 0.416 e. The number of benzene rings is 1. The van der Waals surface area contributed by atoms with Gasteiger partial charge in [0.2, 0.25) is 0 Å². The number of carbonyl (C=O) groups is 1. The number of hydrogen-bond donors (Lipinski definition) is 1. The molecule has 1 aliphatic rings. The van der Waals surface area contributed by atoms with Crippen LogP contribution in [0.5, 0.6) is 5.75 Å². The number of aryl methyl sites for hydroxylation is 2. The maximum absolute atomic E-state index is 12.9. The minimum atomic E-state index is -4.76. The summed E-state index contributed by atoms with van der Waals surface area (Å²) in [5, 5.41) is 9.64. The Kier molecular flexibility index (Phi) is 6.12. The molecule has 2 heterocycles. The van der Waals surface area contributed by atoms with Crippen molar-refractivity contribution in [2.45, 2.75) is 51.6 Å². The number of ether oxygens (including phenoxy) is 1. The Labute approximate surface area is 167 Å². The molecule has 1 N–H and O–H groups in total. The monoisotopic (exact) mass is 408 g/mol. The van der Waals surface area contributed by atoms with Crippen molar-refractivity contribution in [1.29, 1.82) is 0 Å². The maximum atomic E-state index is 12.9. The van der Waals surface area contributed by atoms with E-state index in [0.29, 0.717) is 29.9 Å². The number of aliphatic hydroxyl groups excluding tert-OH is 1. The van der Waals surface area contributed by atoms with Crippen LogP contribution in [0.2, 0.25) is 0 Å². The molecule has 0 bridgehead atoms. The summed E-state index contributed by atoms with van der Waals surface area (Å²) >= 11 is 0. The molecule has 1 saturated heterocycles. The standard InChI is InChI=1S/C21H23F3N2O3/c1-13-9-16(10-14(2)18(13)29-12-15-5-3-7-25-11-15)20(28)26-8-4-6-17(26)19(27)21(22,23)24/h3,5,7,9-11,17,19,27H,4,6,8,12H2,1-2H3/t17-,19+/m1/s1. The molecule has 1 amide bonds. The van der Waals surface area contributed by atoms with Crippen molar-refractivity contribution >= 4 is 5.91 Å². The van der Waals surface area contributed by atoms with Crippen molar-refractivity contribution in [3.05, 3.63) is 58.9 Å². The molecule has 2 atom stereocenters. The van der Waals surface area contributed by atoms with Crippen molar-refractivity contribution < 1.29 is 27.8 Å². The largest absolute Gasteiger partial charge is 0.488 e. The van der Waals surface area contributed by atoms with E-state index in [2.05, 4.69) is 4.98 Å². The molecule has 0 spiro atoms. The molecule has 1 aromatic heterocycles. The number of likely N-dealkylation sites (tertiary alicyclic amines) is 1. The average molecular weight is 408 g/mol. The van der Waals surface area contributed by atoms with E-state index in [1.807, 2.05) is 12.1 Å². The fourth-order valence-corrected chi connectivity index (χ4v) is 3.70. The molecule has 2 aromatic rings. The van der Waals surface area contributed by atoms with Crippen molar-refractivity contribution in [3.8, 4) is 5.75 Å². The van der Waals surface area contributed by atoms with Gasteiger partial charge in [-0.3, -0.25) is 9.78 Å². The Hall–Kier alpha value is -2.61. The second-order valence-corrected chi connectivity index (χ2v) is 7.28. The van der Waals surface area contributed by atoms with Gasteiger partial charge in [-0.15, -0.1) is 0 Å². The summed E-state index contributed by atoms with van der Waals surface area (Å²) in [7, 11) is 0. The molecule has 0 unspecified atom stereocenters. The number of alkyl halides is 3. The van der Waals surface area contributed by atoms with E-state index in [4.69, 9.17) is 4.74 Å². The lowest BCUT2D eigenvalue weighted by Crippen LogP contribution is -2.49. The molecule has 5 nitrogen and oxygen atoms in total. The van der Waals surface area contributed by atoms with E-state index in [0.717, 1.165) is 10.5 Å². The van der Waals surface area contributed by atoms with Crippen molar-refractivity contribution in [2.75, 3.05) is 6.54 Å². The minimum Gasteiger partial charge on any atom is -0.488 e. The number of halogens is 3. The van der Waals surface area contributed by atoms with Crippen molar-refractivity contribution in [2.24, 2.45) is 0 Å². The number of hydrogen-bond acceptors (Lipinski definition) is 4. The van der Waals surface area contributed by atoms with E-state index in [1.54, 1.807) is 38.4 Å². The van der Waals surface area contributed by atoms with E-state index in [-0.39, 0.29) is 18.5 Å².